The standard InChI is InChI=1S/C22H28N4O/c1-3-18-11-7-8-16(2)20(18)26-22-24-14-19(15-25-22)21(27)23-13-12-17-9-5-4-6-10-17/h7-9,11,14-15H,3-6,10,12-13H2,1-2H3,(H,23,27)(H,24,25,26). The van der Waals surface area contributed by atoms with Crippen LogP contribution in [-0.2, 0) is 6.42 Å². The molecule has 1 heterocycles. The second-order valence-corrected chi connectivity index (χ2v) is 7.00. The van der Waals surface area contributed by atoms with Crippen LogP contribution < -0.4 is 10.6 Å². The molecule has 1 aromatic carbocycles. The topological polar surface area (TPSA) is 66.9 Å². The van der Waals surface area contributed by atoms with Gasteiger partial charge in [-0.3, -0.25) is 4.79 Å². The molecule has 5 nitrogen and oxygen atoms in total. The number of benzene rings is 1. The zero-order chi connectivity index (χ0) is 19.1. The van der Waals surface area contributed by atoms with Gasteiger partial charge in [0.05, 0.1) is 5.56 Å². The van der Waals surface area contributed by atoms with Gasteiger partial charge in [0, 0.05) is 24.6 Å². The van der Waals surface area contributed by atoms with E-state index in [0.29, 0.717) is 18.1 Å². The fourth-order valence-electron chi connectivity index (χ4n) is 3.39. The molecule has 27 heavy (non-hydrogen) atoms. The fourth-order valence-corrected chi connectivity index (χ4v) is 3.39. The van der Waals surface area contributed by atoms with Gasteiger partial charge in [-0.25, -0.2) is 9.97 Å². The van der Waals surface area contributed by atoms with Crippen molar-refractivity contribution in [1.82, 2.24) is 15.3 Å². The minimum absolute atomic E-state index is 0.122. The van der Waals surface area contributed by atoms with Crippen LogP contribution in [0.3, 0.4) is 0 Å². The summed E-state index contributed by atoms with van der Waals surface area (Å²) >= 11 is 0. The van der Waals surface area contributed by atoms with E-state index in [2.05, 4.69) is 58.7 Å². The average Bonchev–Trinajstić information content (AvgIpc) is 2.71. The molecule has 1 aliphatic rings. The van der Waals surface area contributed by atoms with Crippen LogP contribution in [0.1, 0.15) is 60.5 Å². The van der Waals surface area contributed by atoms with Gasteiger partial charge in [-0.15, -0.1) is 0 Å². The molecule has 0 fully saturated rings. The van der Waals surface area contributed by atoms with Crippen LogP contribution in [0.4, 0.5) is 11.6 Å². The predicted molar refractivity (Wildman–Crippen MR) is 109 cm³/mol. The second kappa shape index (κ2) is 9.31. The van der Waals surface area contributed by atoms with E-state index in [-0.39, 0.29) is 5.91 Å². The van der Waals surface area contributed by atoms with Crippen molar-refractivity contribution < 1.29 is 4.79 Å². The number of rotatable bonds is 7. The van der Waals surface area contributed by atoms with Gasteiger partial charge in [-0.2, -0.15) is 0 Å². The summed E-state index contributed by atoms with van der Waals surface area (Å²) in [5, 5.41) is 6.25. The van der Waals surface area contributed by atoms with Crippen LogP contribution in [0.5, 0.6) is 0 Å². The maximum absolute atomic E-state index is 12.3. The molecule has 2 aromatic rings. The number of carbonyl (C=O) groups is 1. The van der Waals surface area contributed by atoms with E-state index >= 15 is 0 Å². The minimum atomic E-state index is -0.122. The summed E-state index contributed by atoms with van der Waals surface area (Å²) in [7, 11) is 0. The Morgan fingerprint density at radius 3 is 2.70 bits per heavy atom. The highest BCUT2D eigenvalue weighted by atomic mass is 16.1. The molecular formula is C22H28N4O. The first-order valence-electron chi connectivity index (χ1n) is 9.81. The molecule has 142 valence electrons. The molecule has 0 aliphatic heterocycles. The molecule has 1 aromatic heterocycles. The minimum Gasteiger partial charge on any atom is -0.352 e. The fraction of sp³-hybridized carbons (Fsp3) is 0.409. The van der Waals surface area contributed by atoms with Crippen molar-refractivity contribution in [2.45, 2.75) is 52.4 Å². The number of anilines is 2. The number of allylic oxidation sites excluding steroid dienone is 1. The Hall–Kier alpha value is -2.69. The van der Waals surface area contributed by atoms with Crippen LogP contribution in [-0.4, -0.2) is 22.4 Å². The Morgan fingerprint density at radius 1 is 1.19 bits per heavy atom. The number of nitrogens with one attached hydrogen (secondary N) is 2. The van der Waals surface area contributed by atoms with Gasteiger partial charge >= 0.3 is 0 Å². The van der Waals surface area contributed by atoms with Gasteiger partial charge in [0.2, 0.25) is 5.95 Å². The highest BCUT2D eigenvalue weighted by Crippen LogP contribution is 2.23. The third kappa shape index (κ3) is 5.16. The van der Waals surface area contributed by atoms with E-state index in [4.69, 9.17) is 0 Å². The Balaban J connectivity index is 1.57. The molecule has 0 spiro atoms. The lowest BCUT2D eigenvalue weighted by atomic mass is 9.97. The lowest BCUT2D eigenvalue weighted by Crippen LogP contribution is -2.25. The lowest BCUT2D eigenvalue weighted by Gasteiger charge is -2.13. The van der Waals surface area contributed by atoms with E-state index in [1.54, 1.807) is 12.4 Å². The van der Waals surface area contributed by atoms with Crippen LogP contribution in [0.2, 0.25) is 0 Å². The van der Waals surface area contributed by atoms with Gasteiger partial charge < -0.3 is 10.6 Å². The van der Waals surface area contributed by atoms with Gasteiger partial charge in [-0.1, -0.05) is 36.8 Å². The van der Waals surface area contributed by atoms with E-state index in [9.17, 15) is 4.79 Å². The molecular weight excluding hydrogens is 336 g/mol. The van der Waals surface area contributed by atoms with Crippen molar-refractivity contribution >= 4 is 17.5 Å². The summed E-state index contributed by atoms with van der Waals surface area (Å²) in [6, 6.07) is 6.21. The third-order valence-corrected chi connectivity index (χ3v) is 5.01. The number of nitrogens with zero attached hydrogens (tertiary/aromatic N) is 2. The molecule has 0 atom stereocenters. The molecule has 3 rings (SSSR count). The highest BCUT2D eigenvalue weighted by molar-refractivity contribution is 5.93. The quantitative estimate of drug-likeness (QED) is 0.698. The maximum Gasteiger partial charge on any atom is 0.254 e. The lowest BCUT2D eigenvalue weighted by molar-refractivity contribution is 0.0953. The van der Waals surface area contributed by atoms with Crippen LogP contribution >= 0.6 is 0 Å². The molecule has 0 bridgehead atoms. The van der Waals surface area contributed by atoms with Crippen LogP contribution in [0, 0.1) is 6.92 Å². The average molecular weight is 364 g/mol. The zero-order valence-corrected chi connectivity index (χ0v) is 16.2. The summed E-state index contributed by atoms with van der Waals surface area (Å²) in [4.78, 5) is 20.9. The second-order valence-electron chi connectivity index (χ2n) is 7.00. The number of hydrogen-bond donors (Lipinski definition) is 2. The van der Waals surface area contributed by atoms with Crippen molar-refractivity contribution in [1.29, 1.82) is 0 Å². The monoisotopic (exact) mass is 364 g/mol. The molecule has 5 heteroatoms. The zero-order valence-electron chi connectivity index (χ0n) is 16.2. The largest absolute Gasteiger partial charge is 0.352 e. The smallest absolute Gasteiger partial charge is 0.254 e. The van der Waals surface area contributed by atoms with Crippen molar-refractivity contribution in [2.75, 3.05) is 11.9 Å². The molecule has 0 unspecified atom stereocenters. The number of aryl methyl sites for hydroxylation is 2. The van der Waals surface area contributed by atoms with Gasteiger partial charge in [0.1, 0.15) is 0 Å². The number of amides is 1. The number of aromatic nitrogens is 2. The summed E-state index contributed by atoms with van der Waals surface area (Å²) < 4.78 is 0. The first kappa shape index (κ1) is 19.1. The Morgan fingerprint density at radius 2 is 2.00 bits per heavy atom. The van der Waals surface area contributed by atoms with E-state index in [1.807, 2.05) is 0 Å². The Kier molecular flexibility index (Phi) is 6.58. The van der Waals surface area contributed by atoms with Gasteiger partial charge in [-0.05, 0) is 56.6 Å². The van der Waals surface area contributed by atoms with Crippen LogP contribution in [0.25, 0.3) is 0 Å². The molecule has 0 saturated carbocycles. The molecule has 0 radical (unpaired) electrons. The molecule has 2 N–H and O–H groups in total. The SMILES string of the molecule is CCc1cccc(C)c1Nc1ncc(C(=O)NCCC2=CCCCC2)cn1. The van der Waals surface area contributed by atoms with E-state index in [0.717, 1.165) is 30.5 Å². The summed E-state index contributed by atoms with van der Waals surface area (Å²) in [6.07, 6.45) is 12.2. The maximum atomic E-state index is 12.3. The summed E-state index contributed by atoms with van der Waals surface area (Å²) in [5.74, 6) is 0.381. The van der Waals surface area contributed by atoms with Crippen molar-refractivity contribution in [3.63, 3.8) is 0 Å². The Labute approximate surface area is 161 Å². The van der Waals surface area contributed by atoms with Crippen LogP contribution in [0.15, 0.2) is 42.2 Å². The number of carbonyl (C=O) groups excluding carboxylic acids is 1. The molecule has 0 saturated heterocycles. The van der Waals surface area contributed by atoms with Gasteiger partial charge in [0.25, 0.3) is 5.91 Å². The third-order valence-electron chi connectivity index (χ3n) is 5.01. The van der Waals surface area contributed by atoms with Crippen molar-refractivity contribution in [2.24, 2.45) is 0 Å². The Bertz CT molecular complexity index is 812. The van der Waals surface area contributed by atoms with Gasteiger partial charge in [0.15, 0.2) is 0 Å². The van der Waals surface area contributed by atoms with Crippen molar-refractivity contribution in [3.05, 3.63) is 58.9 Å². The first-order valence-corrected chi connectivity index (χ1v) is 9.81. The van der Waals surface area contributed by atoms with E-state index in [1.165, 1.54) is 30.4 Å². The predicted octanol–water partition coefficient (Wildman–Crippen LogP) is 4.71. The van der Waals surface area contributed by atoms with E-state index < -0.39 is 0 Å². The number of hydrogen-bond acceptors (Lipinski definition) is 4. The normalized spacial score (nSPS) is 13.8. The number of para-hydroxylation sites is 1. The summed E-state index contributed by atoms with van der Waals surface area (Å²) in [5.41, 5.74) is 5.35. The molecule has 1 amide bonds. The first-order chi connectivity index (χ1) is 13.2. The van der Waals surface area contributed by atoms with Crippen molar-refractivity contribution in [3.8, 4) is 0 Å². The highest BCUT2D eigenvalue weighted by Gasteiger charge is 2.10. The summed E-state index contributed by atoms with van der Waals surface area (Å²) in [6.45, 7) is 4.84. The molecule has 1 aliphatic carbocycles.